The van der Waals surface area contributed by atoms with E-state index in [1.165, 1.54) is 0 Å². The van der Waals surface area contributed by atoms with Crippen LogP contribution in [0, 0.1) is 6.92 Å². The summed E-state index contributed by atoms with van der Waals surface area (Å²) in [5.41, 5.74) is 0.339. The van der Waals surface area contributed by atoms with Crippen LogP contribution in [-0.2, 0) is 11.3 Å². The van der Waals surface area contributed by atoms with Crippen LogP contribution in [0.25, 0.3) is 5.69 Å². The molecule has 0 bridgehead atoms. The molecule has 2 aromatic carbocycles. The number of benzene rings is 2. The summed E-state index contributed by atoms with van der Waals surface area (Å²) in [6, 6.07) is 14.0. The summed E-state index contributed by atoms with van der Waals surface area (Å²) in [7, 11) is 0. The Kier molecular flexibility index (Phi) is 6.53. The van der Waals surface area contributed by atoms with E-state index in [1.54, 1.807) is 24.3 Å². The Labute approximate surface area is 189 Å². The number of carbonyl (C=O) groups is 1. The monoisotopic (exact) mass is 454 g/mol. The van der Waals surface area contributed by atoms with Crippen molar-refractivity contribution < 1.29 is 9.53 Å². The van der Waals surface area contributed by atoms with E-state index in [9.17, 15) is 14.4 Å². The topological polar surface area (TPSA) is 95.2 Å². The van der Waals surface area contributed by atoms with Crippen molar-refractivity contribution in [2.24, 2.45) is 0 Å². The number of nitrogens with one attached hydrogen (secondary N) is 1. The molecule has 1 atom stereocenters. The second kappa shape index (κ2) is 9.50. The summed E-state index contributed by atoms with van der Waals surface area (Å²) < 4.78 is 7.57. The van der Waals surface area contributed by atoms with E-state index in [4.69, 9.17) is 16.3 Å². The molecule has 8 nitrogen and oxygen atoms in total. The van der Waals surface area contributed by atoms with Crippen molar-refractivity contribution in [3.63, 3.8) is 0 Å². The predicted octanol–water partition coefficient (Wildman–Crippen LogP) is 2.31. The summed E-state index contributed by atoms with van der Waals surface area (Å²) in [6.45, 7) is 2.86. The van der Waals surface area contributed by atoms with Crippen LogP contribution in [0.15, 0.2) is 58.1 Å². The minimum Gasteiger partial charge on any atom is -0.376 e. The molecule has 1 aromatic heterocycles. The highest BCUT2D eigenvalue weighted by Gasteiger charge is 2.22. The van der Waals surface area contributed by atoms with Gasteiger partial charge in [0.2, 0.25) is 5.69 Å². The van der Waals surface area contributed by atoms with Crippen LogP contribution in [0.2, 0.25) is 5.02 Å². The molecule has 3 aromatic rings. The van der Waals surface area contributed by atoms with E-state index in [-0.39, 0.29) is 24.9 Å². The van der Waals surface area contributed by atoms with E-state index in [0.29, 0.717) is 17.3 Å². The molecular weight excluding hydrogens is 432 g/mol. The molecule has 1 aliphatic rings. The number of aromatic nitrogens is 3. The molecule has 0 radical (unpaired) electrons. The summed E-state index contributed by atoms with van der Waals surface area (Å²) in [5.74, 6) is -0.653. The second-order valence-electron chi connectivity index (χ2n) is 7.75. The SMILES string of the molecule is Cc1cccc(Cn2c(=O)c(C(=O)NC[C@H]3CCCO3)nn(-c3cccc(Cl)c3)c2=O)c1. The van der Waals surface area contributed by atoms with Crippen molar-refractivity contribution in [2.45, 2.75) is 32.4 Å². The van der Waals surface area contributed by atoms with Gasteiger partial charge in [-0.25, -0.2) is 4.79 Å². The van der Waals surface area contributed by atoms with E-state index in [2.05, 4.69) is 10.4 Å². The van der Waals surface area contributed by atoms with Crippen molar-refractivity contribution in [1.29, 1.82) is 0 Å². The first-order valence-corrected chi connectivity index (χ1v) is 10.8. The fourth-order valence-electron chi connectivity index (χ4n) is 3.66. The maximum Gasteiger partial charge on any atom is 0.352 e. The number of rotatable bonds is 6. The third-order valence-corrected chi connectivity index (χ3v) is 5.50. The maximum atomic E-state index is 13.2. The van der Waals surface area contributed by atoms with Crippen molar-refractivity contribution in [1.82, 2.24) is 19.7 Å². The van der Waals surface area contributed by atoms with Gasteiger partial charge in [0.25, 0.3) is 11.5 Å². The smallest absolute Gasteiger partial charge is 0.352 e. The van der Waals surface area contributed by atoms with Crippen molar-refractivity contribution in [3.05, 3.63) is 91.2 Å². The number of ether oxygens (including phenoxy) is 1. The fraction of sp³-hybridized carbons (Fsp3) is 0.304. The molecule has 0 aliphatic carbocycles. The van der Waals surface area contributed by atoms with Crippen LogP contribution in [0.5, 0.6) is 0 Å². The van der Waals surface area contributed by atoms with Gasteiger partial charge in [-0.15, -0.1) is 0 Å². The molecule has 1 saturated heterocycles. The normalized spacial score (nSPS) is 15.6. The van der Waals surface area contributed by atoms with Gasteiger partial charge in [0.05, 0.1) is 18.3 Å². The first kappa shape index (κ1) is 22.0. The standard InChI is InChI=1S/C23H23ClN4O4/c1-15-5-2-6-16(11-15)14-27-22(30)20(21(29)25-13-19-9-4-10-32-19)26-28(23(27)31)18-8-3-7-17(24)12-18/h2-3,5-8,11-12,19H,4,9-10,13-14H2,1H3,(H,25,29)/t19-/m1/s1. The van der Waals surface area contributed by atoms with E-state index in [0.717, 1.165) is 33.2 Å². The summed E-state index contributed by atoms with van der Waals surface area (Å²) in [5, 5.41) is 7.22. The molecule has 9 heteroatoms. The Morgan fingerprint density at radius 2 is 2.03 bits per heavy atom. The molecule has 32 heavy (non-hydrogen) atoms. The first-order chi connectivity index (χ1) is 15.4. The second-order valence-corrected chi connectivity index (χ2v) is 8.18. The van der Waals surface area contributed by atoms with Gasteiger partial charge in [-0.1, -0.05) is 47.5 Å². The fourth-order valence-corrected chi connectivity index (χ4v) is 3.85. The highest BCUT2D eigenvalue weighted by atomic mass is 35.5. The molecule has 4 rings (SSSR count). The number of nitrogens with zero attached hydrogens (tertiary/aromatic N) is 3. The summed E-state index contributed by atoms with van der Waals surface area (Å²) >= 11 is 6.09. The molecule has 1 amide bonds. The van der Waals surface area contributed by atoms with Crippen LogP contribution < -0.4 is 16.6 Å². The molecular formula is C23H23ClN4O4. The van der Waals surface area contributed by atoms with Crippen LogP contribution in [0.1, 0.15) is 34.5 Å². The number of aryl methyl sites for hydroxylation is 1. The van der Waals surface area contributed by atoms with Gasteiger partial charge in [0.15, 0.2) is 0 Å². The Balaban J connectivity index is 1.77. The molecule has 1 N–H and O–H groups in total. The third-order valence-electron chi connectivity index (χ3n) is 5.27. The number of carbonyl (C=O) groups excluding carboxylic acids is 1. The molecule has 0 unspecified atom stereocenters. The van der Waals surface area contributed by atoms with Crippen LogP contribution in [0.4, 0.5) is 0 Å². The molecule has 0 saturated carbocycles. The van der Waals surface area contributed by atoms with Gasteiger partial charge in [-0.2, -0.15) is 9.78 Å². The zero-order valence-corrected chi connectivity index (χ0v) is 18.3. The lowest BCUT2D eigenvalue weighted by atomic mass is 10.1. The lowest BCUT2D eigenvalue weighted by Gasteiger charge is -2.14. The van der Waals surface area contributed by atoms with E-state index < -0.39 is 17.2 Å². The lowest BCUT2D eigenvalue weighted by Crippen LogP contribution is -2.46. The zero-order valence-electron chi connectivity index (χ0n) is 17.6. The number of hydrogen-bond donors (Lipinski definition) is 1. The average molecular weight is 455 g/mol. The highest BCUT2D eigenvalue weighted by Crippen LogP contribution is 2.13. The van der Waals surface area contributed by atoms with Gasteiger partial charge in [-0.3, -0.25) is 14.2 Å². The molecule has 0 spiro atoms. The van der Waals surface area contributed by atoms with Crippen molar-refractivity contribution in [2.75, 3.05) is 13.2 Å². The van der Waals surface area contributed by atoms with Gasteiger partial charge in [0.1, 0.15) is 0 Å². The molecule has 1 fully saturated rings. The Morgan fingerprint density at radius 1 is 1.22 bits per heavy atom. The predicted molar refractivity (Wildman–Crippen MR) is 121 cm³/mol. The van der Waals surface area contributed by atoms with Crippen molar-refractivity contribution >= 4 is 17.5 Å². The van der Waals surface area contributed by atoms with Crippen molar-refractivity contribution in [3.8, 4) is 5.69 Å². The average Bonchev–Trinajstić information content (AvgIpc) is 3.29. The van der Waals surface area contributed by atoms with Gasteiger partial charge < -0.3 is 10.1 Å². The largest absolute Gasteiger partial charge is 0.376 e. The number of hydrogen-bond acceptors (Lipinski definition) is 5. The quantitative estimate of drug-likeness (QED) is 0.616. The number of halogens is 1. The third kappa shape index (κ3) is 4.81. The zero-order chi connectivity index (χ0) is 22.7. The maximum absolute atomic E-state index is 13.2. The Hall–Kier alpha value is -3.23. The Bertz CT molecular complexity index is 1260. The van der Waals surface area contributed by atoms with Gasteiger partial charge in [0, 0.05) is 18.2 Å². The molecule has 166 valence electrons. The van der Waals surface area contributed by atoms with E-state index in [1.807, 2.05) is 31.2 Å². The Morgan fingerprint density at radius 3 is 2.75 bits per heavy atom. The van der Waals surface area contributed by atoms with Crippen LogP contribution in [0.3, 0.4) is 0 Å². The minimum absolute atomic E-state index is 0.00838. The van der Waals surface area contributed by atoms with E-state index >= 15 is 0 Å². The number of amides is 1. The molecule has 2 heterocycles. The lowest BCUT2D eigenvalue weighted by molar-refractivity contribution is 0.0849. The van der Waals surface area contributed by atoms with Gasteiger partial charge >= 0.3 is 5.69 Å². The van der Waals surface area contributed by atoms with Crippen LogP contribution in [-0.4, -0.2) is 39.5 Å². The summed E-state index contributed by atoms with van der Waals surface area (Å²) in [6.07, 6.45) is 1.68. The first-order valence-electron chi connectivity index (χ1n) is 10.4. The van der Waals surface area contributed by atoms with Crippen LogP contribution >= 0.6 is 11.6 Å². The van der Waals surface area contributed by atoms with Gasteiger partial charge in [-0.05, 0) is 43.5 Å². The summed E-state index contributed by atoms with van der Waals surface area (Å²) in [4.78, 5) is 39.2. The molecule has 1 aliphatic heterocycles. The highest BCUT2D eigenvalue weighted by molar-refractivity contribution is 6.30. The minimum atomic E-state index is -0.750.